The van der Waals surface area contributed by atoms with E-state index < -0.39 is 0 Å². The van der Waals surface area contributed by atoms with Crippen LogP contribution in [-0.4, -0.2) is 25.9 Å². The second-order valence-corrected chi connectivity index (χ2v) is 4.64. The number of hydrogen-bond donors (Lipinski definition) is 0. The summed E-state index contributed by atoms with van der Waals surface area (Å²) in [6.45, 7) is 7.73. The van der Waals surface area contributed by atoms with E-state index in [2.05, 4.69) is 15.9 Å². The van der Waals surface area contributed by atoms with Crippen LogP contribution < -0.4 is 9.47 Å². The fraction of sp³-hybridized carbons (Fsp3) is 0.571. The van der Waals surface area contributed by atoms with Crippen molar-refractivity contribution in [1.82, 2.24) is 0 Å². The molecule has 0 atom stereocenters. The Balaban J connectivity index is 2.65. The molecule has 0 saturated heterocycles. The van der Waals surface area contributed by atoms with Crippen LogP contribution in [0.5, 0.6) is 11.5 Å². The Labute approximate surface area is 118 Å². The minimum atomic E-state index is 0.228. The van der Waals surface area contributed by atoms with Gasteiger partial charge in [0.15, 0.2) is 11.5 Å². The molecule has 4 heteroatoms. The van der Waals surface area contributed by atoms with Crippen molar-refractivity contribution in [2.75, 3.05) is 19.8 Å². The van der Waals surface area contributed by atoms with Gasteiger partial charge in [0.2, 0.25) is 0 Å². The normalized spacial score (nSPS) is 10.7. The summed E-state index contributed by atoms with van der Waals surface area (Å²) in [6.07, 6.45) is 0.228. The van der Waals surface area contributed by atoms with Crippen molar-refractivity contribution in [1.29, 1.82) is 0 Å². The van der Waals surface area contributed by atoms with Gasteiger partial charge in [-0.1, -0.05) is 28.1 Å². The largest absolute Gasteiger partial charge is 0.490 e. The molecule has 0 N–H and O–H groups in total. The van der Waals surface area contributed by atoms with Gasteiger partial charge in [-0.25, -0.2) is 0 Å². The SMILES string of the molecule is CCOc1cccc(CBr)c1OCCOC(C)C. The third kappa shape index (κ3) is 4.86. The molecule has 1 aromatic carbocycles. The smallest absolute Gasteiger partial charge is 0.165 e. The number of halogens is 1. The zero-order valence-electron chi connectivity index (χ0n) is 11.2. The molecule has 3 nitrogen and oxygen atoms in total. The van der Waals surface area contributed by atoms with Gasteiger partial charge in [0.25, 0.3) is 0 Å². The van der Waals surface area contributed by atoms with Crippen molar-refractivity contribution in [2.24, 2.45) is 0 Å². The molecule has 1 rings (SSSR count). The molecule has 0 unspecified atom stereocenters. The maximum Gasteiger partial charge on any atom is 0.165 e. The van der Waals surface area contributed by atoms with E-state index in [0.29, 0.717) is 19.8 Å². The van der Waals surface area contributed by atoms with Gasteiger partial charge in [-0.2, -0.15) is 0 Å². The van der Waals surface area contributed by atoms with E-state index in [9.17, 15) is 0 Å². The molecule has 0 heterocycles. The molecule has 0 aliphatic rings. The van der Waals surface area contributed by atoms with Crippen molar-refractivity contribution in [3.63, 3.8) is 0 Å². The van der Waals surface area contributed by atoms with Gasteiger partial charge in [-0.15, -0.1) is 0 Å². The first-order valence-corrected chi connectivity index (χ1v) is 7.36. The highest BCUT2D eigenvalue weighted by Crippen LogP contribution is 2.32. The second-order valence-electron chi connectivity index (χ2n) is 4.08. The van der Waals surface area contributed by atoms with Gasteiger partial charge in [0.05, 0.1) is 19.3 Å². The van der Waals surface area contributed by atoms with Crippen molar-refractivity contribution in [3.8, 4) is 11.5 Å². The summed E-state index contributed by atoms with van der Waals surface area (Å²) in [5, 5.41) is 0.744. The summed E-state index contributed by atoms with van der Waals surface area (Å²) in [5.74, 6) is 1.60. The first-order valence-electron chi connectivity index (χ1n) is 6.24. The van der Waals surface area contributed by atoms with Crippen LogP contribution in [0.25, 0.3) is 0 Å². The summed E-state index contributed by atoms with van der Waals surface area (Å²) in [5.41, 5.74) is 1.09. The number of ether oxygens (including phenoxy) is 3. The van der Waals surface area contributed by atoms with Crippen LogP contribution in [-0.2, 0) is 10.1 Å². The molecular formula is C14H21BrO3. The highest BCUT2D eigenvalue weighted by molar-refractivity contribution is 9.08. The first kappa shape index (κ1) is 15.3. The Kier molecular flexibility index (Phi) is 7.13. The van der Waals surface area contributed by atoms with Crippen molar-refractivity contribution in [2.45, 2.75) is 32.2 Å². The van der Waals surface area contributed by atoms with E-state index in [-0.39, 0.29) is 6.10 Å². The van der Waals surface area contributed by atoms with E-state index in [4.69, 9.17) is 14.2 Å². The Morgan fingerprint density at radius 3 is 2.56 bits per heavy atom. The van der Waals surface area contributed by atoms with Crippen molar-refractivity contribution in [3.05, 3.63) is 23.8 Å². The minimum absolute atomic E-state index is 0.228. The quantitative estimate of drug-likeness (QED) is 0.539. The lowest BCUT2D eigenvalue weighted by Crippen LogP contribution is -2.12. The van der Waals surface area contributed by atoms with Gasteiger partial charge >= 0.3 is 0 Å². The highest BCUT2D eigenvalue weighted by Gasteiger charge is 2.10. The monoisotopic (exact) mass is 316 g/mol. The van der Waals surface area contributed by atoms with Crippen LogP contribution in [0.15, 0.2) is 18.2 Å². The molecule has 0 fully saturated rings. The van der Waals surface area contributed by atoms with Crippen LogP contribution in [0, 0.1) is 0 Å². The maximum atomic E-state index is 5.78. The Bertz CT molecular complexity index is 353. The van der Waals surface area contributed by atoms with E-state index in [0.717, 1.165) is 22.4 Å². The molecule has 0 radical (unpaired) electrons. The Morgan fingerprint density at radius 2 is 1.94 bits per heavy atom. The third-order valence-electron chi connectivity index (χ3n) is 2.29. The van der Waals surface area contributed by atoms with E-state index in [1.165, 1.54) is 0 Å². The molecule has 1 aromatic rings. The van der Waals surface area contributed by atoms with Gasteiger partial charge in [0.1, 0.15) is 6.61 Å². The lowest BCUT2D eigenvalue weighted by Gasteiger charge is -2.15. The van der Waals surface area contributed by atoms with Crippen molar-refractivity contribution < 1.29 is 14.2 Å². The Morgan fingerprint density at radius 1 is 1.17 bits per heavy atom. The number of rotatable bonds is 8. The molecule has 0 aliphatic carbocycles. The van der Waals surface area contributed by atoms with E-state index >= 15 is 0 Å². The number of alkyl halides is 1. The van der Waals surface area contributed by atoms with Crippen LogP contribution in [0.4, 0.5) is 0 Å². The number of hydrogen-bond acceptors (Lipinski definition) is 3. The third-order valence-corrected chi connectivity index (χ3v) is 2.89. The second kappa shape index (κ2) is 8.38. The number of para-hydroxylation sites is 1. The molecular weight excluding hydrogens is 296 g/mol. The molecule has 0 aliphatic heterocycles. The van der Waals surface area contributed by atoms with Crippen LogP contribution in [0.3, 0.4) is 0 Å². The van der Waals surface area contributed by atoms with Crippen molar-refractivity contribution >= 4 is 15.9 Å². The average Bonchev–Trinajstić information content (AvgIpc) is 2.35. The molecule has 0 spiro atoms. The zero-order chi connectivity index (χ0) is 13.4. The fourth-order valence-electron chi connectivity index (χ4n) is 1.53. The molecule has 102 valence electrons. The summed E-state index contributed by atoms with van der Waals surface area (Å²) in [7, 11) is 0. The number of benzene rings is 1. The molecule has 0 aromatic heterocycles. The standard InChI is InChI=1S/C14H21BrO3/c1-4-16-13-7-5-6-12(10-15)14(13)18-9-8-17-11(2)3/h5-7,11H,4,8-10H2,1-3H3. The Hall–Kier alpha value is -0.740. The summed E-state index contributed by atoms with van der Waals surface area (Å²) in [6, 6.07) is 5.92. The molecule has 0 bridgehead atoms. The first-order chi connectivity index (χ1) is 8.69. The molecule has 0 saturated carbocycles. The van der Waals surface area contributed by atoms with Gasteiger partial charge in [0, 0.05) is 10.9 Å². The molecule has 0 amide bonds. The lowest BCUT2D eigenvalue weighted by atomic mass is 10.2. The predicted molar refractivity (Wildman–Crippen MR) is 76.8 cm³/mol. The fourth-order valence-corrected chi connectivity index (χ4v) is 1.97. The lowest BCUT2D eigenvalue weighted by molar-refractivity contribution is 0.0544. The summed E-state index contributed by atoms with van der Waals surface area (Å²) < 4.78 is 16.8. The molecule has 18 heavy (non-hydrogen) atoms. The average molecular weight is 317 g/mol. The summed E-state index contributed by atoms with van der Waals surface area (Å²) in [4.78, 5) is 0. The predicted octanol–water partition coefficient (Wildman–Crippen LogP) is 3.78. The van der Waals surface area contributed by atoms with Gasteiger partial charge in [-0.05, 0) is 26.8 Å². The van der Waals surface area contributed by atoms with E-state index in [1.54, 1.807) is 0 Å². The topological polar surface area (TPSA) is 27.7 Å². The summed E-state index contributed by atoms with van der Waals surface area (Å²) >= 11 is 3.46. The van der Waals surface area contributed by atoms with Gasteiger partial charge in [-0.3, -0.25) is 0 Å². The van der Waals surface area contributed by atoms with Crippen LogP contribution in [0.2, 0.25) is 0 Å². The maximum absolute atomic E-state index is 5.78. The zero-order valence-corrected chi connectivity index (χ0v) is 12.8. The van der Waals surface area contributed by atoms with Gasteiger partial charge < -0.3 is 14.2 Å². The highest BCUT2D eigenvalue weighted by atomic mass is 79.9. The van der Waals surface area contributed by atoms with Crippen LogP contribution >= 0.6 is 15.9 Å². The van der Waals surface area contributed by atoms with Crippen LogP contribution in [0.1, 0.15) is 26.3 Å². The minimum Gasteiger partial charge on any atom is -0.490 e. The van der Waals surface area contributed by atoms with E-state index in [1.807, 2.05) is 39.0 Å².